The van der Waals surface area contributed by atoms with Gasteiger partial charge in [0.1, 0.15) is 0 Å². The topological polar surface area (TPSA) is 49.8 Å². The van der Waals surface area contributed by atoms with E-state index in [0.717, 1.165) is 32.2 Å². The monoisotopic (exact) mass is 138 g/mol. The van der Waals surface area contributed by atoms with E-state index in [-0.39, 0.29) is 0 Å². The highest BCUT2D eigenvalue weighted by Crippen LogP contribution is 2.27. The molecule has 0 saturated heterocycles. The van der Waals surface area contributed by atoms with Crippen molar-refractivity contribution in [2.75, 3.05) is 6.54 Å². The van der Waals surface area contributed by atoms with Gasteiger partial charge in [-0.05, 0) is 38.1 Å². The molecule has 2 N–H and O–H groups in total. The Hall–Kier alpha value is -0.550. The number of nitriles is 1. The molecular weight excluding hydrogens is 124 g/mol. The van der Waals surface area contributed by atoms with Gasteiger partial charge >= 0.3 is 0 Å². The van der Waals surface area contributed by atoms with Crippen LogP contribution < -0.4 is 5.73 Å². The Kier molecular flexibility index (Phi) is 2.70. The van der Waals surface area contributed by atoms with E-state index in [2.05, 4.69) is 6.07 Å². The Bertz CT molecular complexity index is 129. The summed E-state index contributed by atoms with van der Waals surface area (Å²) < 4.78 is 0. The van der Waals surface area contributed by atoms with Crippen molar-refractivity contribution in [2.45, 2.75) is 25.7 Å². The van der Waals surface area contributed by atoms with Gasteiger partial charge in [-0.15, -0.1) is 0 Å². The Balaban J connectivity index is 2.25. The lowest BCUT2D eigenvalue weighted by Gasteiger charge is -2.22. The predicted molar refractivity (Wildman–Crippen MR) is 40.1 cm³/mol. The maximum Gasteiger partial charge on any atom is 0.0655 e. The van der Waals surface area contributed by atoms with E-state index < -0.39 is 0 Å². The van der Waals surface area contributed by atoms with Gasteiger partial charge in [-0.3, -0.25) is 0 Å². The zero-order chi connectivity index (χ0) is 7.40. The van der Waals surface area contributed by atoms with E-state index in [0.29, 0.717) is 11.8 Å². The maximum atomic E-state index is 8.57. The van der Waals surface area contributed by atoms with Crippen molar-refractivity contribution in [3.8, 4) is 6.07 Å². The van der Waals surface area contributed by atoms with Crippen LogP contribution in [0.1, 0.15) is 25.7 Å². The summed E-state index contributed by atoms with van der Waals surface area (Å²) in [7, 11) is 0. The fraction of sp³-hybridized carbons (Fsp3) is 0.875. The fourth-order valence-corrected chi connectivity index (χ4v) is 1.53. The van der Waals surface area contributed by atoms with Crippen LogP contribution in [0, 0.1) is 23.2 Å². The van der Waals surface area contributed by atoms with Crippen LogP contribution in [0.2, 0.25) is 0 Å². The average molecular weight is 138 g/mol. The molecule has 1 rings (SSSR count). The summed E-state index contributed by atoms with van der Waals surface area (Å²) in [6.45, 7) is 0.804. The molecule has 0 aromatic heterocycles. The summed E-state index contributed by atoms with van der Waals surface area (Å²) >= 11 is 0. The van der Waals surface area contributed by atoms with Gasteiger partial charge in [-0.2, -0.15) is 5.26 Å². The summed E-state index contributed by atoms with van der Waals surface area (Å²) in [6, 6.07) is 2.31. The van der Waals surface area contributed by atoms with Crippen molar-refractivity contribution in [3.63, 3.8) is 0 Å². The standard InChI is InChI=1S/C8H14N2/c9-5-7-1-2-8(6-10)4-3-7/h7-8H,1-5,9H2. The molecule has 2 nitrogen and oxygen atoms in total. The first kappa shape index (κ1) is 7.56. The highest BCUT2D eigenvalue weighted by atomic mass is 14.5. The molecule has 0 aromatic carbocycles. The third kappa shape index (κ3) is 1.71. The van der Waals surface area contributed by atoms with Crippen molar-refractivity contribution in [3.05, 3.63) is 0 Å². The first-order valence-corrected chi connectivity index (χ1v) is 3.96. The van der Waals surface area contributed by atoms with E-state index >= 15 is 0 Å². The zero-order valence-corrected chi connectivity index (χ0v) is 6.21. The molecular formula is C8H14N2. The van der Waals surface area contributed by atoms with Crippen molar-refractivity contribution in [1.29, 1.82) is 5.26 Å². The van der Waals surface area contributed by atoms with Crippen molar-refractivity contribution in [1.82, 2.24) is 0 Å². The molecule has 56 valence electrons. The van der Waals surface area contributed by atoms with Crippen LogP contribution in [0.4, 0.5) is 0 Å². The van der Waals surface area contributed by atoms with Gasteiger partial charge in [0.25, 0.3) is 0 Å². The molecule has 0 aromatic rings. The van der Waals surface area contributed by atoms with Crippen molar-refractivity contribution >= 4 is 0 Å². The summed E-state index contributed by atoms with van der Waals surface area (Å²) in [5.41, 5.74) is 5.51. The van der Waals surface area contributed by atoms with Crippen LogP contribution in [-0.2, 0) is 0 Å². The molecule has 0 amide bonds. The van der Waals surface area contributed by atoms with Gasteiger partial charge in [0, 0.05) is 5.92 Å². The van der Waals surface area contributed by atoms with Gasteiger partial charge < -0.3 is 5.73 Å². The molecule has 0 heterocycles. The van der Waals surface area contributed by atoms with Gasteiger partial charge in [0.05, 0.1) is 6.07 Å². The van der Waals surface area contributed by atoms with Gasteiger partial charge in [-0.1, -0.05) is 0 Å². The Morgan fingerprint density at radius 1 is 1.30 bits per heavy atom. The second-order valence-corrected chi connectivity index (χ2v) is 3.08. The molecule has 1 aliphatic rings. The highest BCUT2D eigenvalue weighted by molar-refractivity contribution is 4.86. The lowest BCUT2D eigenvalue weighted by Crippen LogP contribution is -2.20. The Labute approximate surface area is 62.0 Å². The number of hydrogen-bond donors (Lipinski definition) is 1. The largest absolute Gasteiger partial charge is 0.330 e. The molecule has 2 heteroatoms. The van der Waals surface area contributed by atoms with Crippen LogP contribution in [0.25, 0.3) is 0 Å². The van der Waals surface area contributed by atoms with E-state index in [1.54, 1.807) is 0 Å². The predicted octanol–water partition coefficient (Wildman–Crippen LogP) is 1.28. The second-order valence-electron chi connectivity index (χ2n) is 3.08. The summed E-state index contributed by atoms with van der Waals surface area (Å²) in [5, 5.41) is 8.57. The van der Waals surface area contributed by atoms with Crippen molar-refractivity contribution < 1.29 is 0 Å². The van der Waals surface area contributed by atoms with E-state index in [4.69, 9.17) is 11.0 Å². The molecule has 0 atom stereocenters. The summed E-state index contributed by atoms with van der Waals surface area (Å²) in [6.07, 6.45) is 4.46. The minimum absolute atomic E-state index is 0.322. The number of rotatable bonds is 1. The van der Waals surface area contributed by atoms with Crippen LogP contribution in [-0.4, -0.2) is 6.54 Å². The molecule has 0 aliphatic heterocycles. The fourth-order valence-electron chi connectivity index (χ4n) is 1.53. The van der Waals surface area contributed by atoms with Crippen LogP contribution in [0.15, 0.2) is 0 Å². The molecule has 0 spiro atoms. The van der Waals surface area contributed by atoms with E-state index in [1.165, 1.54) is 0 Å². The maximum absolute atomic E-state index is 8.57. The van der Waals surface area contributed by atoms with E-state index in [9.17, 15) is 0 Å². The molecule has 0 radical (unpaired) electrons. The quantitative estimate of drug-likeness (QED) is 0.593. The molecule has 1 aliphatic carbocycles. The Morgan fingerprint density at radius 2 is 1.90 bits per heavy atom. The number of nitrogens with zero attached hydrogens (tertiary/aromatic N) is 1. The highest BCUT2D eigenvalue weighted by Gasteiger charge is 2.18. The average Bonchev–Trinajstić information content (AvgIpc) is 2.05. The first-order valence-electron chi connectivity index (χ1n) is 3.96. The third-order valence-corrected chi connectivity index (χ3v) is 2.36. The summed E-state index contributed by atoms with van der Waals surface area (Å²) in [5.74, 6) is 1.02. The molecule has 1 saturated carbocycles. The first-order chi connectivity index (χ1) is 4.86. The van der Waals surface area contributed by atoms with E-state index in [1.807, 2.05) is 0 Å². The number of hydrogen-bond acceptors (Lipinski definition) is 2. The summed E-state index contributed by atoms with van der Waals surface area (Å²) in [4.78, 5) is 0. The molecule has 0 bridgehead atoms. The third-order valence-electron chi connectivity index (χ3n) is 2.36. The minimum Gasteiger partial charge on any atom is -0.330 e. The lowest BCUT2D eigenvalue weighted by atomic mass is 9.83. The van der Waals surface area contributed by atoms with Gasteiger partial charge in [0.15, 0.2) is 0 Å². The lowest BCUT2D eigenvalue weighted by molar-refractivity contribution is 0.321. The molecule has 0 unspecified atom stereocenters. The smallest absolute Gasteiger partial charge is 0.0655 e. The van der Waals surface area contributed by atoms with Crippen LogP contribution >= 0.6 is 0 Å². The second kappa shape index (κ2) is 3.58. The van der Waals surface area contributed by atoms with Crippen molar-refractivity contribution in [2.24, 2.45) is 17.6 Å². The van der Waals surface area contributed by atoms with Crippen LogP contribution in [0.5, 0.6) is 0 Å². The number of nitrogens with two attached hydrogens (primary N) is 1. The van der Waals surface area contributed by atoms with Crippen LogP contribution in [0.3, 0.4) is 0 Å². The normalized spacial score (nSPS) is 33.2. The molecule has 10 heavy (non-hydrogen) atoms. The SMILES string of the molecule is N#CC1CCC(CN)CC1. The van der Waals surface area contributed by atoms with Gasteiger partial charge in [0.2, 0.25) is 0 Å². The zero-order valence-electron chi connectivity index (χ0n) is 6.21. The van der Waals surface area contributed by atoms with Gasteiger partial charge in [-0.25, -0.2) is 0 Å². The minimum atomic E-state index is 0.322. The molecule has 1 fully saturated rings. The Morgan fingerprint density at radius 3 is 2.30 bits per heavy atom.